The first kappa shape index (κ1) is 12.2. The first-order chi connectivity index (χ1) is 9.20. The van der Waals surface area contributed by atoms with Gasteiger partial charge in [0.25, 0.3) is 5.91 Å². The minimum absolute atomic E-state index is 0.0221. The van der Waals surface area contributed by atoms with E-state index in [1.807, 2.05) is 17.9 Å². The fraction of sp³-hybridized carbons (Fsp3) is 0.400. The molecule has 19 heavy (non-hydrogen) atoms. The van der Waals surface area contributed by atoms with Gasteiger partial charge in [-0.1, -0.05) is 19.1 Å². The number of fused-ring (bicyclic) bond motifs is 1. The van der Waals surface area contributed by atoms with Gasteiger partial charge in [0.2, 0.25) is 0 Å². The fourth-order valence-corrected chi connectivity index (χ4v) is 2.69. The third kappa shape index (κ3) is 2.01. The largest absolute Gasteiger partial charge is 0.348 e. The zero-order valence-electron chi connectivity index (χ0n) is 11.0. The maximum absolute atomic E-state index is 14.2. The maximum atomic E-state index is 14.2. The van der Waals surface area contributed by atoms with E-state index in [-0.39, 0.29) is 11.7 Å². The number of aryl methyl sites for hydroxylation is 1. The molecule has 1 aromatic heterocycles. The van der Waals surface area contributed by atoms with E-state index in [1.165, 1.54) is 0 Å². The number of aromatic amines is 1. The zero-order valence-corrected chi connectivity index (χ0v) is 11.0. The van der Waals surface area contributed by atoms with E-state index in [1.54, 1.807) is 12.1 Å². The summed E-state index contributed by atoms with van der Waals surface area (Å²) >= 11 is 0. The normalized spacial score (nSPS) is 15.4. The lowest BCUT2D eigenvalue weighted by atomic mass is 10.1. The van der Waals surface area contributed by atoms with Crippen molar-refractivity contribution in [1.29, 1.82) is 0 Å². The topological polar surface area (TPSA) is 36.1 Å². The lowest BCUT2D eigenvalue weighted by molar-refractivity contribution is 0.0788. The van der Waals surface area contributed by atoms with E-state index in [4.69, 9.17) is 0 Å². The average Bonchev–Trinajstić information content (AvgIpc) is 3.08. The molecule has 3 rings (SSSR count). The molecule has 4 heteroatoms. The van der Waals surface area contributed by atoms with Crippen LogP contribution in [-0.2, 0) is 6.42 Å². The van der Waals surface area contributed by atoms with Crippen LogP contribution in [0.5, 0.6) is 0 Å². The van der Waals surface area contributed by atoms with Crippen LogP contribution in [0.2, 0.25) is 0 Å². The van der Waals surface area contributed by atoms with Crippen molar-refractivity contribution in [2.75, 3.05) is 13.1 Å². The minimum Gasteiger partial charge on any atom is -0.348 e. The summed E-state index contributed by atoms with van der Waals surface area (Å²) < 4.78 is 14.2. The van der Waals surface area contributed by atoms with Crippen LogP contribution in [0.25, 0.3) is 10.9 Å². The van der Waals surface area contributed by atoms with Crippen LogP contribution in [-0.4, -0.2) is 28.9 Å². The molecule has 0 radical (unpaired) electrons. The van der Waals surface area contributed by atoms with Crippen molar-refractivity contribution >= 4 is 16.8 Å². The van der Waals surface area contributed by atoms with E-state index >= 15 is 0 Å². The maximum Gasteiger partial charge on any atom is 0.270 e. The van der Waals surface area contributed by atoms with Crippen LogP contribution in [0, 0.1) is 5.82 Å². The lowest BCUT2D eigenvalue weighted by Crippen LogP contribution is -2.27. The summed E-state index contributed by atoms with van der Waals surface area (Å²) in [7, 11) is 0. The van der Waals surface area contributed by atoms with Gasteiger partial charge < -0.3 is 9.88 Å². The van der Waals surface area contributed by atoms with Crippen molar-refractivity contribution in [3.63, 3.8) is 0 Å². The molecule has 2 aromatic rings. The van der Waals surface area contributed by atoms with Gasteiger partial charge in [0, 0.05) is 18.5 Å². The van der Waals surface area contributed by atoms with Gasteiger partial charge in [0.15, 0.2) is 0 Å². The molecule has 1 aliphatic heterocycles. The molecule has 0 aliphatic carbocycles. The number of carbonyl (C=O) groups is 1. The molecule has 3 nitrogen and oxygen atoms in total. The van der Waals surface area contributed by atoms with Crippen LogP contribution in [0.15, 0.2) is 18.2 Å². The third-order valence-electron chi connectivity index (χ3n) is 3.82. The summed E-state index contributed by atoms with van der Waals surface area (Å²) in [5.74, 6) is -0.258. The Labute approximate surface area is 111 Å². The second-order valence-electron chi connectivity index (χ2n) is 5.04. The molecular formula is C15H17FN2O. The Morgan fingerprint density at radius 1 is 1.37 bits per heavy atom. The highest BCUT2D eigenvalue weighted by atomic mass is 19.1. The van der Waals surface area contributed by atoms with Gasteiger partial charge in [-0.05, 0) is 30.9 Å². The van der Waals surface area contributed by atoms with E-state index in [9.17, 15) is 9.18 Å². The van der Waals surface area contributed by atoms with E-state index in [2.05, 4.69) is 4.98 Å². The molecular weight excluding hydrogens is 243 g/mol. The molecule has 0 spiro atoms. The predicted molar refractivity (Wildman–Crippen MR) is 72.8 cm³/mol. The second kappa shape index (κ2) is 4.68. The van der Waals surface area contributed by atoms with Crippen molar-refractivity contribution in [2.45, 2.75) is 26.2 Å². The van der Waals surface area contributed by atoms with Crippen LogP contribution in [0.3, 0.4) is 0 Å². The Morgan fingerprint density at radius 3 is 2.79 bits per heavy atom. The van der Waals surface area contributed by atoms with Gasteiger partial charge in [-0.3, -0.25) is 4.79 Å². The number of benzene rings is 1. The highest BCUT2D eigenvalue weighted by Crippen LogP contribution is 2.23. The van der Waals surface area contributed by atoms with Crippen LogP contribution in [0.4, 0.5) is 4.39 Å². The Kier molecular flexibility index (Phi) is 3.01. The highest BCUT2D eigenvalue weighted by molar-refractivity contribution is 5.98. The number of nitrogens with zero attached hydrogens (tertiary/aromatic N) is 1. The van der Waals surface area contributed by atoms with Crippen molar-refractivity contribution in [3.05, 3.63) is 35.3 Å². The molecule has 1 aliphatic rings. The summed E-state index contributed by atoms with van der Waals surface area (Å²) in [6, 6.07) is 5.41. The number of amides is 1. The molecule has 0 saturated carbocycles. The highest BCUT2D eigenvalue weighted by Gasteiger charge is 2.21. The monoisotopic (exact) mass is 260 g/mol. The molecule has 1 fully saturated rings. The van der Waals surface area contributed by atoms with E-state index in [0.29, 0.717) is 23.2 Å². The lowest BCUT2D eigenvalue weighted by Gasteiger charge is -2.13. The van der Waals surface area contributed by atoms with Crippen molar-refractivity contribution in [3.8, 4) is 0 Å². The summed E-state index contributed by atoms with van der Waals surface area (Å²) in [5, 5.41) is 0.761. The predicted octanol–water partition coefficient (Wildman–Crippen LogP) is 3.11. The number of likely N-dealkylation sites (tertiary alicyclic amines) is 1. The van der Waals surface area contributed by atoms with Crippen molar-refractivity contribution < 1.29 is 9.18 Å². The number of nitrogens with one attached hydrogen (secondary N) is 1. The summed E-state index contributed by atoms with van der Waals surface area (Å²) in [6.45, 7) is 3.53. The smallest absolute Gasteiger partial charge is 0.270 e. The summed E-state index contributed by atoms with van der Waals surface area (Å²) in [6.07, 6.45) is 2.76. The SMILES string of the molecule is CCc1ccc2cc(C(=O)N3CCCC3)[nH]c2c1F. The molecule has 100 valence electrons. The number of hydrogen-bond donors (Lipinski definition) is 1. The molecule has 0 unspecified atom stereocenters. The number of hydrogen-bond acceptors (Lipinski definition) is 1. The summed E-state index contributed by atoms with van der Waals surface area (Å²) in [5.41, 5.74) is 1.61. The van der Waals surface area contributed by atoms with Gasteiger partial charge in [0.05, 0.1) is 5.52 Å². The number of aromatic nitrogens is 1. The Morgan fingerprint density at radius 2 is 2.11 bits per heavy atom. The van der Waals surface area contributed by atoms with Gasteiger partial charge in [0.1, 0.15) is 11.5 Å². The minimum atomic E-state index is -0.236. The number of H-pyrrole nitrogens is 1. The molecule has 0 atom stereocenters. The van der Waals surface area contributed by atoms with Gasteiger partial charge in [-0.25, -0.2) is 4.39 Å². The van der Waals surface area contributed by atoms with Gasteiger partial charge in [-0.15, -0.1) is 0 Å². The molecule has 1 amide bonds. The van der Waals surface area contributed by atoms with Gasteiger partial charge >= 0.3 is 0 Å². The first-order valence-electron chi connectivity index (χ1n) is 6.80. The Hall–Kier alpha value is -1.84. The average molecular weight is 260 g/mol. The van der Waals surface area contributed by atoms with E-state index in [0.717, 1.165) is 31.3 Å². The molecule has 1 saturated heterocycles. The standard InChI is InChI=1S/C15H17FN2O/c1-2-10-5-6-11-9-12(17-14(11)13(10)16)15(19)18-7-3-4-8-18/h5-6,9,17H,2-4,7-8H2,1H3. The van der Waals surface area contributed by atoms with Crippen molar-refractivity contribution in [1.82, 2.24) is 9.88 Å². The van der Waals surface area contributed by atoms with Crippen LogP contribution >= 0.6 is 0 Å². The number of halogens is 1. The van der Waals surface area contributed by atoms with Gasteiger partial charge in [-0.2, -0.15) is 0 Å². The van der Waals surface area contributed by atoms with Crippen LogP contribution < -0.4 is 0 Å². The molecule has 1 N–H and O–H groups in total. The zero-order chi connectivity index (χ0) is 13.4. The Balaban J connectivity index is 2.01. The third-order valence-corrected chi connectivity index (χ3v) is 3.82. The molecule has 0 bridgehead atoms. The molecule has 2 heterocycles. The number of rotatable bonds is 2. The first-order valence-corrected chi connectivity index (χ1v) is 6.80. The van der Waals surface area contributed by atoms with Crippen LogP contribution in [0.1, 0.15) is 35.8 Å². The van der Waals surface area contributed by atoms with E-state index < -0.39 is 0 Å². The Bertz CT molecular complexity index is 626. The van der Waals surface area contributed by atoms with Crippen molar-refractivity contribution in [2.24, 2.45) is 0 Å². The fourth-order valence-electron chi connectivity index (χ4n) is 2.69. The molecule has 1 aromatic carbocycles. The quantitative estimate of drug-likeness (QED) is 0.885. The number of carbonyl (C=O) groups excluding carboxylic acids is 1. The second-order valence-corrected chi connectivity index (χ2v) is 5.04. The summed E-state index contributed by atoms with van der Waals surface area (Å²) in [4.78, 5) is 17.0.